The van der Waals surface area contributed by atoms with Gasteiger partial charge in [0, 0.05) is 29.4 Å². The second-order valence-corrected chi connectivity index (χ2v) is 10.8. The van der Waals surface area contributed by atoms with Crippen LogP contribution in [0.2, 0.25) is 5.02 Å². The van der Waals surface area contributed by atoms with Crippen LogP contribution in [0, 0.1) is 25.6 Å². The summed E-state index contributed by atoms with van der Waals surface area (Å²) < 4.78 is 47.6. The monoisotopic (exact) mass is 517 g/mol. The van der Waals surface area contributed by atoms with E-state index >= 15 is 0 Å². The van der Waals surface area contributed by atoms with E-state index in [0.29, 0.717) is 23.6 Å². The number of rotatable bonds is 6. The molecule has 1 fully saturated rings. The van der Waals surface area contributed by atoms with Gasteiger partial charge in [0.15, 0.2) is 10.7 Å². The molecule has 184 valence electrons. The number of amides is 1. The summed E-state index contributed by atoms with van der Waals surface area (Å²) in [6, 6.07) is 11.3. The van der Waals surface area contributed by atoms with Gasteiger partial charge >= 0.3 is 0 Å². The summed E-state index contributed by atoms with van der Waals surface area (Å²) in [6.45, 7) is 3.68. The van der Waals surface area contributed by atoms with Crippen molar-refractivity contribution in [2.24, 2.45) is 5.92 Å². The van der Waals surface area contributed by atoms with Crippen molar-refractivity contribution in [1.82, 2.24) is 9.46 Å². The lowest BCUT2D eigenvalue weighted by atomic mass is 9.98. The van der Waals surface area contributed by atoms with Gasteiger partial charge < -0.3 is 9.84 Å². The average molecular weight is 518 g/mol. The van der Waals surface area contributed by atoms with E-state index in [2.05, 4.69) is 10.5 Å². The number of sulfonamides is 1. The predicted molar refractivity (Wildman–Crippen MR) is 133 cm³/mol. The van der Waals surface area contributed by atoms with E-state index in [1.165, 1.54) is 29.4 Å². The number of aryl methyl sites for hydroxylation is 2. The Bertz CT molecular complexity index is 1390. The van der Waals surface area contributed by atoms with Crippen LogP contribution in [0.15, 0.2) is 51.9 Å². The van der Waals surface area contributed by atoms with Gasteiger partial charge in [-0.25, -0.2) is 12.8 Å². The molecular weight excluding hydrogens is 493 g/mol. The molecule has 1 amide bonds. The number of hydrogen-bond acceptors (Lipinski definition) is 5. The highest BCUT2D eigenvalue weighted by Gasteiger charge is 2.37. The normalized spacial score (nSPS) is 17.1. The summed E-state index contributed by atoms with van der Waals surface area (Å²) in [4.78, 5) is 12.9. The number of hydrogen-bond donors (Lipinski definition) is 1. The topological polar surface area (TPSA) is 92.5 Å². The molecule has 2 aromatic carbocycles. The standard InChI is InChI=1S/C25H25ClFN3O4S/c1-16-9-11-20(26)14-22(16)28-25(31)19-7-5-13-30(15-19)35(32,33)24-17(2)29-34-23(24)12-10-18-6-3-4-8-21(18)27/h3-4,6,8-12,14,19H,5,7,13,15H2,1-2H3,(H,28,31). The Balaban J connectivity index is 1.55. The van der Waals surface area contributed by atoms with Gasteiger partial charge in [0.25, 0.3) is 0 Å². The molecule has 3 aromatic rings. The van der Waals surface area contributed by atoms with Crippen molar-refractivity contribution in [3.63, 3.8) is 0 Å². The van der Waals surface area contributed by atoms with E-state index in [4.69, 9.17) is 16.1 Å². The van der Waals surface area contributed by atoms with E-state index in [0.717, 1.165) is 5.56 Å². The third-order valence-electron chi connectivity index (χ3n) is 5.96. The van der Waals surface area contributed by atoms with Crippen molar-refractivity contribution in [2.45, 2.75) is 31.6 Å². The van der Waals surface area contributed by atoms with Crippen molar-refractivity contribution in [1.29, 1.82) is 0 Å². The predicted octanol–water partition coefficient (Wildman–Crippen LogP) is 5.29. The van der Waals surface area contributed by atoms with E-state index < -0.39 is 21.8 Å². The molecule has 0 spiro atoms. The number of anilines is 1. The molecule has 1 N–H and O–H groups in total. The molecule has 0 saturated carbocycles. The van der Waals surface area contributed by atoms with Crippen molar-refractivity contribution < 1.29 is 22.1 Å². The van der Waals surface area contributed by atoms with E-state index in [1.807, 2.05) is 6.92 Å². The van der Waals surface area contributed by atoms with Crippen LogP contribution in [-0.4, -0.2) is 36.9 Å². The average Bonchev–Trinajstić information content (AvgIpc) is 3.22. The Hall–Kier alpha value is -3.01. The lowest BCUT2D eigenvalue weighted by Crippen LogP contribution is -2.44. The molecule has 7 nitrogen and oxygen atoms in total. The molecule has 1 aliphatic rings. The zero-order chi connectivity index (χ0) is 25.2. The van der Waals surface area contributed by atoms with Gasteiger partial charge in [0.2, 0.25) is 15.9 Å². The first kappa shape index (κ1) is 25.1. The highest BCUT2D eigenvalue weighted by atomic mass is 35.5. The molecule has 1 saturated heterocycles. The fraction of sp³-hybridized carbons (Fsp3) is 0.280. The van der Waals surface area contributed by atoms with Gasteiger partial charge in [-0.3, -0.25) is 4.79 Å². The molecule has 2 heterocycles. The number of halogens is 2. The van der Waals surface area contributed by atoms with Crippen LogP contribution < -0.4 is 5.32 Å². The second-order valence-electron chi connectivity index (χ2n) is 8.47. The summed E-state index contributed by atoms with van der Waals surface area (Å²) in [5, 5.41) is 7.19. The minimum absolute atomic E-state index is 0.00637. The van der Waals surface area contributed by atoms with Crippen LogP contribution in [0.25, 0.3) is 12.2 Å². The number of nitrogens with zero attached hydrogens (tertiary/aromatic N) is 2. The zero-order valence-electron chi connectivity index (χ0n) is 19.3. The van der Waals surface area contributed by atoms with Crippen LogP contribution in [0.5, 0.6) is 0 Å². The summed E-state index contributed by atoms with van der Waals surface area (Å²) in [5.74, 6) is -1.23. The van der Waals surface area contributed by atoms with Crippen LogP contribution in [0.4, 0.5) is 10.1 Å². The Morgan fingerprint density at radius 1 is 1.23 bits per heavy atom. The van der Waals surface area contributed by atoms with E-state index in [1.54, 1.807) is 36.4 Å². The van der Waals surface area contributed by atoms with Crippen LogP contribution in [0.1, 0.15) is 35.4 Å². The van der Waals surface area contributed by atoms with Gasteiger partial charge in [0.1, 0.15) is 11.5 Å². The van der Waals surface area contributed by atoms with Gasteiger partial charge in [-0.1, -0.05) is 41.0 Å². The molecule has 0 bridgehead atoms. The minimum Gasteiger partial charge on any atom is -0.355 e. The minimum atomic E-state index is -4.02. The number of nitrogens with one attached hydrogen (secondary N) is 1. The summed E-state index contributed by atoms with van der Waals surface area (Å²) >= 11 is 6.05. The highest BCUT2D eigenvalue weighted by Crippen LogP contribution is 2.30. The number of piperidine rings is 1. The maximum atomic E-state index is 14.0. The molecule has 4 rings (SSSR count). The fourth-order valence-corrected chi connectivity index (χ4v) is 5.99. The quantitative estimate of drug-likeness (QED) is 0.479. The van der Waals surface area contributed by atoms with Crippen molar-refractivity contribution in [3.8, 4) is 0 Å². The third-order valence-corrected chi connectivity index (χ3v) is 8.22. The first-order chi connectivity index (χ1) is 16.7. The molecule has 35 heavy (non-hydrogen) atoms. The SMILES string of the molecule is Cc1ccc(Cl)cc1NC(=O)C1CCCN(S(=O)(=O)c2c(C)noc2C=Cc2ccccc2F)C1. The zero-order valence-corrected chi connectivity index (χ0v) is 20.9. The van der Waals surface area contributed by atoms with Crippen LogP contribution in [-0.2, 0) is 14.8 Å². The smallest absolute Gasteiger partial charge is 0.248 e. The lowest BCUT2D eigenvalue weighted by Gasteiger charge is -2.31. The van der Waals surface area contributed by atoms with E-state index in [9.17, 15) is 17.6 Å². The van der Waals surface area contributed by atoms with E-state index in [-0.39, 0.29) is 40.9 Å². The lowest BCUT2D eigenvalue weighted by molar-refractivity contribution is -0.120. The van der Waals surface area contributed by atoms with Crippen molar-refractivity contribution in [2.75, 3.05) is 18.4 Å². The Morgan fingerprint density at radius 2 is 2.00 bits per heavy atom. The molecule has 1 aromatic heterocycles. The largest absolute Gasteiger partial charge is 0.355 e. The number of benzene rings is 2. The number of aromatic nitrogens is 1. The molecule has 10 heteroatoms. The molecule has 1 atom stereocenters. The first-order valence-corrected chi connectivity index (χ1v) is 12.9. The third kappa shape index (κ3) is 5.47. The maximum Gasteiger partial charge on any atom is 0.248 e. The molecular formula is C25H25ClFN3O4S. The van der Waals surface area contributed by atoms with Crippen LogP contribution >= 0.6 is 11.6 Å². The van der Waals surface area contributed by atoms with Crippen molar-refractivity contribution >= 4 is 45.4 Å². The molecule has 1 aliphatic heterocycles. The number of carbonyl (C=O) groups is 1. The Labute approximate surface area is 208 Å². The summed E-state index contributed by atoms with van der Waals surface area (Å²) in [7, 11) is -4.02. The highest BCUT2D eigenvalue weighted by molar-refractivity contribution is 7.89. The molecule has 0 aliphatic carbocycles. The Morgan fingerprint density at radius 3 is 2.77 bits per heavy atom. The molecule has 0 radical (unpaired) electrons. The maximum absolute atomic E-state index is 14.0. The summed E-state index contributed by atoms with van der Waals surface area (Å²) in [5.41, 5.74) is 1.93. The number of carbonyl (C=O) groups excluding carboxylic acids is 1. The van der Waals surface area contributed by atoms with Gasteiger partial charge in [0.05, 0.1) is 5.92 Å². The van der Waals surface area contributed by atoms with Gasteiger partial charge in [-0.05, 0) is 62.6 Å². The van der Waals surface area contributed by atoms with Crippen LogP contribution in [0.3, 0.4) is 0 Å². The fourth-order valence-electron chi connectivity index (χ4n) is 4.04. The van der Waals surface area contributed by atoms with Crippen molar-refractivity contribution in [3.05, 3.63) is 75.9 Å². The van der Waals surface area contributed by atoms with Gasteiger partial charge in [-0.15, -0.1) is 0 Å². The second kappa shape index (κ2) is 10.3. The first-order valence-electron chi connectivity index (χ1n) is 11.1. The molecule has 1 unspecified atom stereocenters. The Kier molecular flexibility index (Phi) is 7.39. The van der Waals surface area contributed by atoms with Gasteiger partial charge in [-0.2, -0.15) is 4.31 Å². The summed E-state index contributed by atoms with van der Waals surface area (Å²) in [6.07, 6.45) is 3.91.